The fraction of sp³-hybridized carbons (Fsp3) is 0.727. The number of carbonyl (C=O) groups is 1. The molecule has 1 N–H and O–H groups in total. The van der Waals surface area contributed by atoms with Gasteiger partial charge in [-0.25, -0.2) is 0 Å². The Morgan fingerprint density at radius 2 is 2.46 bits per heavy atom. The summed E-state index contributed by atoms with van der Waals surface area (Å²) in [7, 11) is 0. The molecule has 1 heterocycles. The highest BCUT2D eigenvalue weighted by Crippen LogP contribution is 2.21. The number of hydrogen-bond donors (Lipinski definition) is 1. The van der Waals surface area contributed by atoms with Crippen molar-refractivity contribution in [3.05, 3.63) is 12.7 Å². The molecule has 0 saturated carbocycles. The van der Waals surface area contributed by atoms with Crippen LogP contribution in [0.5, 0.6) is 0 Å². The maximum absolute atomic E-state index is 11.7. The van der Waals surface area contributed by atoms with E-state index in [9.17, 15) is 4.79 Å². The van der Waals surface area contributed by atoms with E-state index in [0.717, 1.165) is 32.2 Å². The normalized spacial score (nSPS) is 27.5. The van der Waals surface area contributed by atoms with E-state index >= 15 is 0 Å². The van der Waals surface area contributed by atoms with Crippen LogP contribution in [0.4, 0.5) is 0 Å². The van der Waals surface area contributed by atoms with E-state index < -0.39 is 0 Å². The molecule has 0 aromatic carbocycles. The molecule has 1 saturated heterocycles. The minimum atomic E-state index is -0.221. The summed E-state index contributed by atoms with van der Waals surface area (Å²) in [4.78, 5) is 11.7. The van der Waals surface area contributed by atoms with Crippen molar-refractivity contribution in [2.24, 2.45) is 0 Å². The van der Waals surface area contributed by atoms with Crippen LogP contribution in [0, 0.1) is 0 Å². The van der Waals surface area contributed by atoms with Gasteiger partial charge in [0.2, 0.25) is 0 Å². The van der Waals surface area contributed by atoms with Crippen molar-refractivity contribution in [2.45, 2.75) is 44.6 Å². The smallest absolute Gasteiger partial charge is 0.152 e. The molecule has 1 atom stereocenters. The number of rotatable bonds is 5. The lowest BCUT2D eigenvalue weighted by Crippen LogP contribution is -2.44. The largest absolute Gasteiger partial charge is 0.305 e. The molecule has 0 spiro atoms. The molecule has 0 bridgehead atoms. The van der Waals surface area contributed by atoms with Crippen LogP contribution in [-0.4, -0.2) is 17.9 Å². The van der Waals surface area contributed by atoms with E-state index in [0.29, 0.717) is 12.2 Å². The van der Waals surface area contributed by atoms with Gasteiger partial charge in [-0.1, -0.05) is 6.08 Å². The van der Waals surface area contributed by atoms with Crippen LogP contribution < -0.4 is 5.32 Å². The Hall–Kier alpha value is -0.630. The van der Waals surface area contributed by atoms with Crippen molar-refractivity contribution in [2.75, 3.05) is 6.54 Å². The van der Waals surface area contributed by atoms with Gasteiger partial charge in [0, 0.05) is 6.42 Å². The van der Waals surface area contributed by atoms with Crippen LogP contribution in [0.15, 0.2) is 12.7 Å². The number of nitrogens with one attached hydrogen (secondary N) is 1. The van der Waals surface area contributed by atoms with Crippen molar-refractivity contribution in [1.82, 2.24) is 5.32 Å². The van der Waals surface area contributed by atoms with E-state index in [1.54, 1.807) is 0 Å². The number of Topliss-reactive ketones (excluding diaryl/α,β-unsaturated/α-hetero) is 1. The van der Waals surface area contributed by atoms with Gasteiger partial charge >= 0.3 is 0 Å². The summed E-state index contributed by atoms with van der Waals surface area (Å²) in [6.07, 6.45) is 6.58. The van der Waals surface area contributed by atoms with Gasteiger partial charge in [-0.2, -0.15) is 0 Å². The van der Waals surface area contributed by atoms with Crippen LogP contribution in [0.3, 0.4) is 0 Å². The van der Waals surface area contributed by atoms with Crippen LogP contribution in [0.2, 0.25) is 0 Å². The fourth-order valence-corrected chi connectivity index (χ4v) is 1.82. The van der Waals surface area contributed by atoms with Crippen molar-refractivity contribution in [1.29, 1.82) is 0 Å². The van der Waals surface area contributed by atoms with Gasteiger partial charge in [0.25, 0.3) is 0 Å². The number of ketones is 1. The van der Waals surface area contributed by atoms with Crippen LogP contribution in [-0.2, 0) is 4.79 Å². The summed E-state index contributed by atoms with van der Waals surface area (Å²) >= 11 is 0. The summed E-state index contributed by atoms with van der Waals surface area (Å²) in [5.41, 5.74) is -0.221. The van der Waals surface area contributed by atoms with E-state index in [1.165, 1.54) is 0 Å². The van der Waals surface area contributed by atoms with Crippen LogP contribution in [0.1, 0.15) is 39.0 Å². The molecule has 0 aromatic rings. The average Bonchev–Trinajstić information content (AvgIpc) is 2.54. The number of allylic oxidation sites excluding steroid dienone is 1. The second-order valence-corrected chi connectivity index (χ2v) is 3.97. The zero-order chi connectivity index (χ0) is 9.73. The average molecular weight is 181 g/mol. The van der Waals surface area contributed by atoms with E-state index in [-0.39, 0.29) is 5.54 Å². The van der Waals surface area contributed by atoms with Gasteiger partial charge in [0.05, 0.1) is 5.54 Å². The number of unbranched alkanes of at least 4 members (excludes halogenated alkanes) is 1. The molecule has 0 radical (unpaired) electrons. The molecule has 74 valence electrons. The van der Waals surface area contributed by atoms with Crippen molar-refractivity contribution < 1.29 is 4.79 Å². The molecule has 0 aliphatic carbocycles. The van der Waals surface area contributed by atoms with E-state index in [1.807, 2.05) is 13.0 Å². The first-order valence-electron chi connectivity index (χ1n) is 5.08. The molecule has 0 amide bonds. The predicted molar refractivity (Wildman–Crippen MR) is 54.7 cm³/mol. The molecule has 1 aliphatic heterocycles. The van der Waals surface area contributed by atoms with Gasteiger partial charge in [-0.3, -0.25) is 4.79 Å². The summed E-state index contributed by atoms with van der Waals surface area (Å²) in [5.74, 6) is 0.367. The molecule has 2 nitrogen and oxygen atoms in total. The summed E-state index contributed by atoms with van der Waals surface area (Å²) < 4.78 is 0. The third-order valence-corrected chi connectivity index (χ3v) is 2.80. The van der Waals surface area contributed by atoms with Gasteiger partial charge in [-0.15, -0.1) is 6.58 Å². The molecular formula is C11H19NO. The standard InChI is InChI=1S/C11H19NO/c1-3-4-5-7-10(13)11(2)8-6-9-12-11/h3,12H,1,4-9H2,2H3. The lowest BCUT2D eigenvalue weighted by atomic mass is 9.91. The molecule has 1 rings (SSSR count). The molecule has 1 fully saturated rings. The maximum atomic E-state index is 11.7. The monoisotopic (exact) mass is 181 g/mol. The number of carbonyl (C=O) groups excluding carboxylic acids is 1. The molecule has 1 aliphatic rings. The van der Waals surface area contributed by atoms with Crippen molar-refractivity contribution in [3.63, 3.8) is 0 Å². The quantitative estimate of drug-likeness (QED) is 0.519. The lowest BCUT2D eigenvalue weighted by molar-refractivity contribution is -0.124. The van der Waals surface area contributed by atoms with Gasteiger partial charge in [0.15, 0.2) is 5.78 Å². The molecule has 0 aromatic heterocycles. The Balaban J connectivity index is 2.33. The molecule has 13 heavy (non-hydrogen) atoms. The summed E-state index contributed by atoms with van der Waals surface area (Å²) in [5, 5.41) is 3.28. The molecule has 1 unspecified atom stereocenters. The fourth-order valence-electron chi connectivity index (χ4n) is 1.82. The Bertz CT molecular complexity index is 192. The van der Waals surface area contributed by atoms with E-state index in [2.05, 4.69) is 11.9 Å². The topological polar surface area (TPSA) is 29.1 Å². The Labute approximate surface area is 80.4 Å². The minimum Gasteiger partial charge on any atom is -0.305 e. The Morgan fingerprint density at radius 1 is 1.69 bits per heavy atom. The van der Waals surface area contributed by atoms with Gasteiger partial charge in [-0.05, 0) is 39.2 Å². The molecule has 2 heteroatoms. The summed E-state index contributed by atoms with van der Waals surface area (Å²) in [6.45, 7) is 6.66. The first-order chi connectivity index (χ1) is 6.19. The minimum absolute atomic E-state index is 0.221. The SMILES string of the molecule is C=CCCCC(=O)C1(C)CCCN1. The van der Waals surface area contributed by atoms with Gasteiger partial charge < -0.3 is 5.32 Å². The Kier molecular flexibility index (Phi) is 3.67. The zero-order valence-corrected chi connectivity index (χ0v) is 8.44. The zero-order valence-electron chi connectivity index (χ0n) is 8.44. The van der Waals surface area contributed by atoms with Gasteiger partial charge in [0.1, 0.15) is 0 Å². The second kappa shape index (κ2) is 4.56. The van der Waals surface area contributed by atoms with E-state index in [4.69, 9.17) is 0 Å². The highest BCUT2D eigenvalue weighted by molar-refractivity contribution is 5.88. The van der Waals surface area contributed by atoms with Crippen LogP contribution in [0.25, 0.3) is 0 Å². The highest BCUT2D eigenvalue weighted by Gasteiger charge is 2.34. The number of hydrogen-bond acceptors (Lipinski definition) is 2. The van der Waals surface area contributed by atoms with Crippen molar-refractivity contribution in [3.8, 4) is 0 Å². The predicted octanol–water partition coefficient (Wildman–Crippen LogP) is 2.05. The Morgan fingerprint density at radius 3 is 3.00 bits per heavy atom. The second-order valence-electron chi connectivity index (χ2n) is 3.97. The lowest BCUT2D eigenvalue weighted by Gasteiger charge is -2.22. The first kappa shape index (κ1) is 10.5. The van der Waals surface area contributed by atoms with Crippen molar-refractivity contribution >= 4 is 5.78 Å². The third-order valence-electron chi connectivity index (χ3n) is 2.80. The van der Waals surface area contributed by atoms with Crippen LogP contribution >= 0.6 is 0 Å². The first-order valence-corrected chi connectivity index (χ1v) is 5.08. The summed E-state index contributed by atoms with van der Waals surface area (Å²) in [6, 6.07) is 0. The maximum Gasteiger partial charge on any atom is 0.152 e. The highest BCUT2D eigenvalue weighted by atomic mass is 16.1. The molecular weight excluding hydrogens is 162 g/mol. The third kappa shape index (κ3) is 2.66.